The van der Waals surface area contributed by atoms with E-state index in [9.17, 15) is 4.79 Å². The average Bonchev–Trinajstić information content (AvgIpc) is 3.42. The summed E-state index contributed by atoms with van der Waals surface area (Å²) < 4.78 is 16.2. The van der Waals surface area contributed by atoms with Gasteiger partial charge in [0.05, 0.1) is 22.6 Å². The fraction of sp³-hybridized carbons (Fsp3) is 0.0952. The summed E-state index contributed by atoms with van der Waals surface area (Å²) in [6, 6.07) is 14.3. The molecule has 0 spiro atoms. The number of halogens is 3. The van der Waals surface area contributed by atoms with Crippen LogP contribution in [0.25, 0.3) is 0 Å². The van der Waals surface area contributed by atoms with E-state index in [-0.39, 0.29) is 25.1 Å². The Morgan fingerprint density at radius 3 is 2.59 bits per heavy atom. The number of nitrogens with zero attached hydrogens (tertiary/aromatic N) is 4. The van der Waals surface area contributed by atoms with E-state index >= 15 is 0 Å². The molecule has 4 aromatic rings. The lowest BCUT2D eigenvalue weighted by atomic mass is 10.3. The highest BCUT2D eigenvalue weighted by Gasteiger charge is 2.12. The fourth-order valence-electron chi connectivity index (χ4n) is 2.65. The minimum absolute atomic E-state index is 0.138. The van der Waals surface area contributed by atoms with Gasteiger partial charge in [-0.05, 0) is 64.5 Å². The number of aromatic nitrogens is 4. The van der Waals surface area contributed by atoms with Crippen LogP contribution in [0.3, 0.4) is 0 Å². The van der Waals surface area contributed by atoms with Gasteiger partial charge >= 0.3 is 0 Å². The minimum atomic E-state index is -0.357. The number of carbonyl (C=O) groups is 1. The maximum Gasteiger partial charge on any atom is 0.276 e. The van der Waals surface area contributed by atoms with Crippen LogP contribution < -0.4 is 14.8 Å². The number of rotatable bonds is 8. The van der Waals surface area contributed by atoms with Crippen molar-refractivity contribution in [1.82, 2.24) is 19.6 Å². The summed E-state index contributed by atoms with van der Waals surface area (Å²) in [4.78, 5) is 12.5. The molecule has 1 amide bonds. The molecule has 2 aromatic carbocycles. The average molecular weight is 582 g/mol. The number of anilines is 1. The molecule has 4 rings (SSSR count). The molecule has 0 aliphatic carbocycles. The molecule has 8 nitrogen and oxygen atoms in total. The van der Waals surface area contributed by atoms with Crippen LogP contribution in [0.1, 0.15) is 10.5 Å². The van der Waals surface area contributed by atoms with Crippen molar-refractivity contribution in [1.29, 1.82) is 0 Å². The zero-order valence-corrected chi connectivity index (χ0v) is 20.3. The van der Waals surface area contributed by atoms with Gasteiger partial charge in [0, 0.05) is 15.7 Å². The molecule has 2 aromatic heterocycles. The van der Waals surface area contributed by atoms with E-state index in [1.807, 2.05) is 24.3 Å². The number of hydrogen-bond donors (Lipinski definition) is 1. The third kappa shape index (κ3) is 5.90. The molecule has 11 heteroatoms. The van der Waals surface area contributed by atoms with Crippen LogP contribution in [0.15, 0.2) is 76.1 Å². The first-order valence-electron chi connectivity index (χ1n) is 9.30. The van der Waals surface area contributed by atoms with Crippen molar-refractivity contribution >= 4 is 55.1 Å². The molecule has 2 heterocycles. The lowest BCUT2D eigenvalue weighted by molar-refractivity contribution is 0.102. The summed E-state index contributed by atoms with van der Waals surface area (Å²) in [5.41, 5.74) is 0.785. The second kappa shape index (κ2) is 10.2. The summed E-state index contributed by atoms with van der Waals surface area (Å²) in [6.45, 7) is 0.350. The van der Waals surface area contributed by atoms with E-state index in [1.54, 1.807) is 47.5 Å². The van der Waals surface area contributed by atoms with E-state index in [1.165, 1.54) is 4.68 Å². The van der Waals surface area contributed by atoms with Crippen molar-refractivity contribution in [3.8, 4) is 11.5 Å². The fourth-order valence-corrected chi connectivity index (χ4v) is 3.71. The van der Waals surface area contributed by atoms with Crippen LogP contribution in [0.2, 0.25) is 5.02 Å². The molecule has 0 aliphatic heterocycles. The number of hydrogen-bond acceptors (Lipinski definition) is 5. The van der Waals surface area contributed by atoms with Crippen molar-refractivity contribution in [3.05, 3.63) is 86.8 Å². The predicted octanol–water partition coefficient (Wildman–Crippen LogP) is 5.58. The lowest BCUT2D eigenvalue weighted by Gasteiger charge is -2.08. The number of benzene rings is 2. The maximum absolute atomic E-state index is 12.5. The van der Waals surface area contributed by atoms with Gasteiger partial charge < -0.3 is 14.8 Å². The molecule has 1 N–H and O–H groups in total. The van der Waals surface area contributed by atoms with E-state index in [0.717, 1.165) is 8.95 Å². The van der Waals surface area contributed by atoms with Gasteiger partial charge in [-0.15, -0.1) is 0 Å². The molecule has 164 valence electrons. The molecule has 0 radical (unpaired) electrons. The molecule has 0 unspecified atom stereocenters. The Bertz CT molecular complexity index is 1230. The maximum atomic E-state index is 12.5. The highest BCUT2D eigenvalue weighted by Crippen LogP contribution is 2.28. The smallest absolute Gasteiger partial charge is 0.276 e. The monoisotopic (exact) mass is 579 g/mol. The first-order chi connectivity index (χ1) is 15.5. The lowest BCUT2D eigenvalue weighted by Crippen LogP contribution is -2.14. The third-order valence-electron chi connectivity index (χ3n) is 4.19. The minimum Gasteiger partial charge on any atom is -0.471 e. The zero-order valence-electron chi connectivity index (χ0n) is 16.4. The largest absolute Gasteiger partial charge is 0.471 e. The van der Waals surface area contributed by atoms with E-state index in [0.29, 0.717) is 22.2 Å². The Morgan fingerprint density at radius 1 is 1.03 bits per heavy atom. The van der Waals surface area contributed by atoms with Gasteiger partial charge in [0.2, 0.25) is 0 Å². The van der Waals surface area contributed by atoms with Crippen molar-refractivity contribution in [2.45, 2.75) is 13.5 Å². The third-order valence-corrected chi connectivity index (χ3v) is 5.57. The number of carbonyl (C=O) groups excluding carboxylic acids is 1. The van der Waals surface area contributed by atoms with Crippen molar-refractivity contribution < 1.29 is 14.3 Å². The van der Waals surface area contributed by atoms with Crippen LogP contribution in [-0.2, 0) is 13.5 Å². The Balaban J connectivity index is 1.29. The predicted molar refractivity (Wildman–Crippen MR) is 127 cm³/mol. The highest BCUT2D eigenvalue weighted by atomic mass is 79.9. The summed E-state index contributed by atoms with van der Waals surface area (Å²) in [5, 5.41) is 11.8. The molecule has 0 atom stereocenters. The highest BCUT2D eigenvalue weighted by molar-refractivity contribution is 9.10. The van der Waals surface area contributed by atoms with Crippen LogP contribution >= 0.6 is 43.5 Å². The van der Waals surface area contributed by atoms with Crippen molar-refractivity contribution in [2.75, 3.05) is 5.32 Å². The van der Waals surface area contributed by atoms with E-state index in [4.69, 9.17) is 21.1 Å². The standard InChI is InChI=1S/C21H16Br2ClN5O3/c22-14-1-4-17(5-2-14)31-13-29-11-16(10-25-29)26-21(30)19-7-8-28(27-19)12-32-20-6-3-15(24)9-18(20)23/h1-11H,12-13H2,(H,26,30). The number of ether oxygens (including phenoxy) is 2. The van der Waals surface area contributed by atoms with Crippen LogP contribution in [-0.4, -0.2) is 25.5 Å². The summed E-state index contributed by atoms with van der Waals surface area (Å²) in [5.74, 6) is 0.978. The molecular formula is C21H16Br2ClN5O3. The molecule has 0 saturated carbocycles. The normalized spacial score (nSPS) is 10.7. The second-order valence-electron chi connectivity index (χ2n) is 6.54. The Kier molecular flexibility index (Phi) is 7.13. The van der Waals surface area contributed by atoms with Crippen molar-refractivity contribution in [3.63, 3.8) is 0 Å². The number of amides is 1. The van der Waals surface area contributed by atoms with Crippen LogP contribution in [0.4, 0.5) is 5.69 Å². The van der Waals surface area contributed by atoms with Gasteiger partial charge in [0.15, 0.2) is 19.2 Å². The van der Waals surface area contributed by atoms with Crippen LogP contribution in [0.5, 0.6) is 11.5 Å². The van der Waals surface area contributed by atoms with Gasteiger partial charge in [0.1, 0.15) is 11.5 Å². The summed E-state index contributed by atoms with van der Waals surface area (Å²) >= 11 is 12.7. The Labute approximate surface area is 205 Å². The van der Waals surface area contributed by atoms with E-state index in [2.05, 4.69) is 47.4 Å². The molecule has 0 bridgehead atoms. The quantitative estimate of drug-likeness (QED) is 0.294. The molecule has 32 heavy (non-hydrogen) atoms. The Morgan fingerprint density at radius 2 is 1.81 bits per heavy atom. The molecule has 0 saturated heterocycles. The van der Waals surface area contributed by atoms with Gasteiger partial charge in [-0.25, -0.2) is 9.36 Å². The molecule has 0 fully saturated rings. The first kappa shape index (κ1) is 22.4. The second-order valence-corrected chi connectivity index (χ2v) is 8.75. The SMILES string of the molecule is O=C(Nc1cnn(COc2ccc(Br)cc2)c1)c1ccn(COc2ccc(Cl)cc2Br)n1. The van der Waals surface area contributed by atoms with Gasteiger partial charge in [-0.2, -0.15) is 10.2 Å². The van der Waals surface area contributed by atoms with E-state index < -0.39 is 0 Å². The first-order valence-corrected chi connectivity index (χ1v) is 11.3. The number of nitrogens with one attached hydrogen (secondary N) is 1. The van der Waals surface area contributed by atoms with Gasteiger partial charge in [-0.1, -0.05) is 27.5 Å². The summed E-state index contributed by atoms with van der Waals surface area (Å²) in [7, 11) is 0. The molecular weight excluding hydrogens is 566 g/mol. The van der Waals surface area contributed by atoms with Crippen LogP contribution in [0, 0.1) is 0 Å². The topological polar surface area (TPSA) is 83.2 Å². The summed E-state index contributed by atoms with van der Waals surface area (Å²) in [6.07, 6.45) is 4.88. The molecule has 0 aliphatic rings. The zero-order chi connectivity index (χ0) is 22.5. The van der Waals surface area contributed by atoms with Gasteiger partial charge in [0.25, 0.3) is 5.91 Å². The van der Waals surface area contributed by atoms with Crippen molar-refractivity contribution in [2.24, 2.45) is 0 Å². The Hall–Kier alpha value is -2.82. The van der Waals surface area contributed by atoms with Gasteiger partial charge in [-0.3, -0.25) is 4.79 Å².